The van der Waals surface area contributed by atoms with Gasteiger partial charge in [-0.3, -0.25) is 53.3 Å². The molecular formula is C104H186N14O25. The maximum atomic E-state index is 14.0. The molecular weight excluding hydrogens is 1850 g/mol. The van der Waals surface area contributed by atoms with E-state index in [-0.39, 0.29) is 143 Å². The summed E-state index contributed by atoms with van der Waals surface area (Å²) >= 11 is 0. The molecule has 0 aliphatic carbocycles. The third-order valence-corrected chi connectivity index (χ3v) is 28.2. The second kappa shape index (κ2) is 75.3. The van der Waals surface area contributed by atoms with Crippen LogP contribution in [0.2, 0.25) is 0 Å². The van der Waals surface area contributed by atoms with E-state index in [1.807, 2.05) is 33.6 Å². The maximum absolute atomic E-state index is 14.0. The van der Waals surface area contributed by atoms with Crippen molar-refractivity contribution in [2.75, 3.05) is 205 Å². The fourth-order valence-corrected chi connectivity index (χ4v) is 18.0. The van der Waals surface area contributed by atoms with Crippen molar-refractivity contribution in [1.82, 2.24) is 73.5 Å². The molecule has 0 radical (unpaired) electrons. The molecule has 15 atom stereocenters. The fraction of sp³-hybridized carbons (Fsp3) is 0.856. The van der Waals surface area contributed by atoms with Crippen molar-refractivity contribution in [2.45, 2.75) is 319 Å². The van der Waals surface area contributed by atoms with Crippen molar-refractivity contribution in [2.24, 2.45) is 53.3 Å². The van der Waals surface area contributed by atoms with Gasteiger partial charge in [0.1, 0.15) is 34.5 Å². The topological polar surface area (TPSA) is 422 Å². The smallest absolute Gasteiger partial charge is 0.222 e. The van der Waals surface area contributed by atoms with Crippen LogP contribution in [-0.2, 0) is 125 Å². The summed E-state index contributed by atoms with van der Waals surface area (Å²) in [7, 11) is 0. The van der Waals surface area contributed by atoms with Gasteiger partial charge in [0.15, 0.2) is 18.9 Å². The summed E-state index contributed by atoms with van der Waals surface area (Å²) in [5.41, 5.74) is 20.2. The molecule has 0 aromatic carbocycles. The molecule has 6 unspecified atom stereocenters. The Kier molecular flexibility index (Phi) is 65.1. The highest BCUT2D eigenvalue weighted by molar-refractivity contribution is 5.81. The number of ether oxygens (including phenoxy) is 18. The number of carbonyl (C=O) groups is 7. The number of rotatable bonds is 90. The number of allylic oxidation sites excluding steroid dienone is 3. The van der Waals surface area contributed by atoms with E-state index in [4.69, 9.17) is 85.3 Å². The van der Waals surface area contributed by atoms with Crippen molar-refractivity contribution in [3.63, 3.8) is 0 Å². The van der Waals surface area contributed by atoms with Crippen LogP contribution < -0.4 is 43.5 Å². The number of hydrogen-bond donors (Lipinski definition) is 8. The van der Waals surface area contributed by atoms with Crippen LogP contribution >= 0.6 is 0 Å². The largest absolute Gasteiger partial charge is 0.378 e. The normalized spacial score (nSPS) is 23.3. The third kappa shape index (κ3) is 52.6. The van der Waals surface area contributed by atoms with E-state index in [9.17, 15) is 33.6 Å². The number of hydrazine groups is 6. The van der Waals surface area contributed by atoms with Gasteiger partial charge in [-0.25, -0.2) is 0 Å². The number of amides is 2. The van der Waals surface area contributed by atoms with E-state index in [0.717, 1.165) is 49.2 Å². The molecule has 3 fully saturated rings. The van der Waals surface area contributed by atoms with E-state index in [1.165, 1.54) is 0 Å². The highest BCUT2D eigenvalue weighted by atomic mass is 16.7. The second-order valence-electron chi connectivity index (χ2n) is 39.3. The number of unbranched alkanes of at least 4 members (excludes halogenated alkanes) is 7. The van der Waals surface area contributed by atoms with E-state index >= 15 is 0 Å². The van der Waals surface area contributed by atoms with Gasteiger partial charge in [0, 0.05) is 150 Å². The van der Waals surface area contributed by atoms with Gasteiger partial charge in [-0.1, -0.05) is 108 Å². The lowest BCUT2D eigenvalue weighted by Crippen LogP contribution is -2.58. The van der Waals surface area contributed by atoms with Crippen LogP contribution in [0, 0.1) is 53.3 Å². The molecule has 0 spiro atoms. The molecule has 0 bridgehead atoms. The SMILES string of the molecule is CCC1O[C@H](OCCOCCOCCOCCN2C=C(CCC(=O)CCCCCC(=O)CCOCC(COCCC(=O)CCCCCC(=O)CCC3=CN(CCOCCOCCOCCO[C@H]4OC(CC)[C@@H](C)[C@H](C)C4C)NN3)(COCCC(=O)NCCCCC(=O)CCC3=CN(CCOCCOCCOCCO[C@H]4OC(CC)[C@@H](C)[C@H](C)C4C)NN3)NC(=O)CCCCCn3ccnn3)NN2)C(C)[C@@H](C)[C@@H]1C. The highest BCUT2D eigenvalue weighted by Crippen LogP contribution is 2.39. The van der Waals surface area contributed by atoms with Crippen molar-refractivity contribution in [3.05, 3.63) is 48.1 Å². The molecule has 1 aromatic heterocycles. The summed E-state index contributed by atoms with van der Waals surface area (Å²) in [4.78, 5) is 93.0. The molecule has 39 nitrogen and oxygen atoms in total. The molecule has 7 heterocycles. The number of Topliss-reactive ketones (excluding diaryl/α,β-unsaturated/α-hetero) is 5. The molecule has 7 rings (SSSR count). The zero-order chi connectivity index (χ0) is 103. The molecule has 143 heavy (non-hydrogen) atoms. The third-order valence-electron chi connectivity index (χ3n) is 28.2. The standard InChI is InChI=1S/C104H186N14O25/c1-13-96-82(7)79(4)85(10)101(141-96)138-70-67-132-64-61-129-58-55-126-52-46-116-73-88(108-112-116)33-36-91(119)27-19-16-21-29-94(122)39-49-135-76-104(107-100(125)32-23-18-26-44-115-45-43-106-111-115,77-136-50-40-95(123)30-22-17-20-28-92(120)37-34-89-74-117(113-109-89)47-53-127-56-59-130-62-65-133-68-71-139-102-86(11)80(5)83(8)97(14-2)142-102)78-137-51-41-99(124)105-42-25-24-31-93(121)38-35-90-75-118(114-110-90)48-54-128-57-60-131-63-66-134-69-72-140-103-87(12)81(6)84(9)98(15-3)143-103/h43,45,73-75,79-87,96-98,101-103,108-110,112-114H,13-42,44,46-72,76-78H2,1-12H3,(H,105,124)(H,107,125)/t79-,80-,81-,82-,83-,84-,85?,86?,87?,96?,97?,98?,101-,102-,103-,104?/m0/s1. The van der Waals surface area contributed by atoms with Gasteiger partial charge >= 0.3 is 0 Å². The van der Waals surface area contributed by atoms with Crippen LogP contribution in [0.15, 0.2) is 48.1 Å². The number of aryl methyl sites for hydroxylation is 1. The van der Waals surface area contributed by atoms with Crippen molar-refractivity contribution < 1.29 is 119 Å². The molecule has 1 aromatic rings. The molecule has 39 heteroatoms. The number of ketones is 5. The average Bonchev–Trinajstić information content (AvgIpc) is 1.34. The predicted octanol–water partition coefficient (Wildman–Crippen LogP) is 11.1. The summed E-state index contributed by atoms with van der Waals surface area (Å²) in [5.74, 6) is 4.00. The summed E-state index contributed by atoms with van der Waals surface area (Å²) in [6.07, 6.45) is 24.6. The molecule has 6 aliphatic heterocycles. The summed E-state index contributed by atoms with van der Waals surface area (Å²) in [6.45, 7) is 39.0. The lowest BCUT2D eigenvalue weighted by atomic mass is 9.78. The Morgan fingerprint density at radius 1 is 0.322 bits per heavy atom. The number of hydrogen-bond acceptors (Lipinski definition) is 36. The number of aromatic nitrogens is 3. The zero-order valence-electron chi connectivity index (χ0n) is 89.1. The molecule has 6 aliphatic rings. The first-order valence-electron chi connectivity index (χ1n) is 54.2. The fourth-order valence-electron chi connectivity index (χ4n) is 18.0. The monoisotopic (exact) mass is 2030 g/mol. The molecule has 3 saturated heterocycles. The van der Waals surface area contributed by atoms with E-state index in [2.05, 4.69) is 137 Å². The van der Waals surface area contributed by atoms with Gasteiger partial charge in [-0.2, -0.15) is 0 Å². The summed E-state index contributed by atoms with van der Waals surface area (Å²) < 4.78 is 109. The minimum Gasteiger partial charge on any atom is -0.378 e. The Labute approximate surface area is 853 Å². The Morgan fingerprint density at radius 3 is 0.965 bits per heavy atom. The molecule has 2 amide bonds. The molecule has 8 N–H and O–H groups in total. The summed E-state index contributed by atoms with van der Waals surface area (Å²) in [6, 6.07) is 0. The van der Waals surface area contributed by atoms with Crippen LogP contribution in [0.3, 0.4) is 0 Å². The van der Waals surface area contributed by atoms with Crippen LogP contribution in [-0.4, -0.2) is 318 Å². The first-order valence-corrected chi connectivity index (χ1v) is 54.2. The number of nitrogens with zero attached hydrogens (tertiary/aromatic N) is 6. The second-order valence-corrected chi connectivity index (χ2v) is 39.3. The predicted molar refractivity (Wildman–Crippen MR) is 539 cm³/mol. The number of nitrogens with one attached hydrogen (secondary N) is 8. The Hall–Kier alpha value is -6.39. The van der Waals surface area contributed by atoms with Crippen molar-refractivity contribution >= 4 is 40.7 Å². The van der Waals surface area contributed by atoms with Gasteiger partial charge in [-0.05, 0) is 125 Å². The first-order chi connectivity index (χ1) is 69.5. The summed E-state index contributed by atoms with van der Waals surface area (Å²) in [5, 5.41) is 19.7. The maximum Gasteiger partial charge on any atom is 0.222 e. The van der Waals surface area contributed by atoms with Crippen LogP contribution in [0.4, 0.5) is 0 Å². The quantitative estimate of drug-likeness (QED) is 0.0281. The average molecular weight is 2030 g/mol. The van der Waals surface area contributed by atoms with Crippen LogP contribution in [0.1, 0.15) is 269 Å². The van der Waals surface area contributed by atoms with Gasteiger partial charge in [0.05, 0.1) is 223 Å². The molecule has 822 valence electrons. The van der Waals surface area contributed by atoms with Gasteiger partial charge in [-0.15, -0.1) is 21.7 Å². The Morgan fingerprint density at radius 2 is 0.629 bits per heavy atom. The van der Waals surface area contributed by atoms with Crippen molar-refractivity contribution in [1.29, 1.82) is 0 Å². The van der Waals surface area contributed by atoms with Crippen LogP contribution in [0.5, 0.6) is 0 Å². The van der Waals surface area contributed by atoms with Gasteiger partial charge in [0.25, 0.3) is 0 Å². The zero-order valence-corrected chi connectivity index (χ0v) is 89.1. The van der Waals surface area contributed by atoms with E-state index < -0.39 is 5.54 Å². The highest BCUT2D eigenvalue weighted by Gasteiger charge is 2.42. The van der Waals surface area contributed by atoms with Crippen molar-refractivity contribution in [3.8, 4) is 0 Å². The molecule has 0 saturated carbocycles. The van der Waals surface area contributed by atoms with E-state index in [0.29, 0.717) is 353 Å². The van der Waals surface area contributed by atoms with Gasteiger partial charge in [0.2, 0.25) is 11.8 Å². The number of carbonyl (C=O) groups excluding carboxylic acids is 7. The lowest BCUT2D eigenvalue weighted by Gasteiger charge is -2.43. The van der Waals surface area contributed by atoms with Crippen LogP contribution in [0.25, 0.3) is 0 Å². The van der Waals surface area contributed by atoms with E-state index in [1.54, 1.807) is 17.1 Å². The Bertz CT molecular complexity index is 3350. The lowest BCUT2D eigenvalue weighted by molar-refractivity contribution is -0.251. The first kappa shape index (κ1) is 124. The Balaban J connectivity index is 0.763. The minimum atomic E-state index is -1.28. The minimum absolute atomic E-state index is 0.000810. The van der Waals surface area contributed by atoms with Gasteiger partial charge < -0.3 is 112 Å².